The van der Waals surface area contributed by atoms with Crippen LogP contribution in [0.1, 0.15) is 21.9 Å². The summed E-state index contributed by atoms with van der Waals surface area (Å²) in [6.07, 6.45) is 0. The number of fused-ring (bicyclic) bond motifs is 2. The van der Waals surface area contributed by atoms with Crippen molar-refractivity contribution in [2.24, 2.45) is 5.92 Å². The molecule has 41 heavy (non-hydrogen) atoms. The number of nitrogens with one attached hydrogen (secondary N) is 2. The van der Waals surface area contributed by atoms with Crippen molar-refractivity contribution in [3.8, 4) is 5.75 Å². The Kier molecular flexibility index (Phi) is 7.41. The van der Waals surface area contributed by atoms with Gasteiger partial charge < -0.3 is 15.0 Å². The molecule has 2 aliphatic rings. The predicted molar refractivity (Wildman–Crippen MR) is 161 cm³/mol. The van der Waals surface area contributed by atoms with Crippen molar-refractivity contribution < 1.29 is 19.1 Å². The van der Waals surface area contributed by atoms with Crippen LogP contribution in [0.3, 0.4) is 0 Å². The zero-order valence-electron chi connectivity index (χ0n) is 21.4. The maximum absolute atomic E-state index is 14.0. The number of carbonyl (C=O) groups is 3. The van der Waals surface area contributed by atoms with E-state index in [4.69, 9.17) is 27.9 Å². The zero-order chi connectivity index (χ0) is 28.8. The van der Waals surface area contributed by atoms with Gasteiger partial charge in [0.25, 0.3) is 5.91 Å². The van der Waals surface area contributed by atoms with Crippen LogP contribution in [0.4, 0.5) is 11.4 Å². The Labute approximate surface area is 252 Å². The van der Waals surface area contributed by atoms with Crippen molar-refractivity contribution in [3.63, 3.8) is 0 Å². The second-order valence-corrected chi connectivity index (χ2v) is 12.7. The molecule has 0 bridgehead atoms. The molecule has 12 heteroatoms. The van der Waals surface area contributed by atoms with Gasteiger partial charge in [-0.15, -0.1) is 0 Å². The molecule has 1 fully saturated rings. The molecule has 0 radical (unpaired) electrons. The number of hydrogen-bond donors (Lipinski definition) is 2. The number of anilines is 2. The van der Waals surface area contributed by atoms with Gasteiger partial charge in [-0.3, -0.25) is 19.2 Å². The minimum Gasteiger partial charge on any atom is -0.483 e. The highest BCUT2D eigenvalue weighted by Gasteiger charge is 2.56. The Morgan fingerprint density at radius 2 is 1.76 bits per heavy atom. The molecule has 3 aromatic carbocycles. The van der Waals surface area contributed by atoms with Gasteiger partial charge in [-0.25, -0.2) is 4.90 Å². The van der Waals surface area contributed by atoms with E-state index in [0.29, 0.717) is 42.6 Å². The van der Waals surface area contributed by atoms with Crippen LogP contribution >= 0.6 is 46.3 Å². The number of hydrogen-bond acceptors (Lipinski definition) is 7. The lowest BCUT2D eigenvalue weighted by molar-refractivity contribution is -0.122. The van der Waals surface area contributed by atoms with Gasteiger partial charge in [0.15, 0.2) is 6.61 Å². The Morgan fingerprint density at radius 3 is 2.51 bits per heavy atom. The number of thiazole rings is 1. The number of aromatic amines is 1. The van der Waals surface area contributed by atoms with Gasteiger partial charge in [-0.1, -0.05) is 58.4 Å². The number of H-pyrrole nitrogens is 1. The number of aryl methyl sites for hydroxylation is 1. The van der Waals surface area contributed by atoms with E-state index in [0.717, 1.165) is 16.9 Å². The molecule has 8 nitrogen and oxygen atoms in total. The second kappa shape index (κ2) is 11.0. The first kappa shape index (κ1) is 27.6. The molecule has 3 unspecified atom stereocenters. The van der Waals surface area contributed by atoms with Gasteiger partial charge in [0.05, 0.1) is 16.6 Å². The lowest BCUT2D eigenvalue weighted by Gasteiger charge is -2.31. The number of amides is 3. The first-order valence-electron chi connectivity index (χ1n) is 12.5. The number of imide groups is 1. The summed E-state index contributed by atoms with van der Waals surface area (Å²) in [7, 11) is 0. The molecule has 208 valence electrons. The highest BCUT2D eigenvalue weighted by atomic mass is 35.5. The predicted octanol–water partition coefficient (Wildman–Crippen LogP) is 5.86. The largest absolute Gasteiger partial charge is 0.483 e. The summed E-state index contributed by atoms with van der Waals surface area (Å²) in [5.74, 6) is -2.42. The topological polar surface area (TPSA) is 109 Å². The second-order valence-electron chi connectivity index (χ2n) is 9.63. The molecule has 2 N–H and O–H groups in total. The standard InChI is InChI=1S/C29H21Cl2N3O5S2/c1-14-3-2-4-17(11-14)32-21(35)13-39-20-10-7-16(31)12-19(20)22-23-25(40-26-24(22)41-29(38)33-26)28(37)34(27(23)36)18-8-5-15(30)6-9-18/h2-12,22-23,25H,13H2,1H3,(H,32,35)(H,33,38). The maximum atomic E-state index is 14.0. The first-order valence-corrected chi connectivity index (χ1v) is 15.0. The summed E-state index contributed by atoms with van der Waals surface area (Å²) in [5.41, 5.74) is 2.55. The van der Waals surface area contributed by atoms with Crippen molar-refractivity contribution in [2.75, 3.05) is 16.8 Å². The van der Waals surface area contributed by atoms with E-state index in [1.807, 2.05) is 25.1 Å². The Hall–Kier alpha value is -3.57. The summed E-state index contributed by atoms with van der Waals surface area (Å²) in [6, 6.07) is 18.8. The van der Waals surface area contributed by atoms with Gasteiger partial charge in [-0.2, -0.15) is 0 Å². The van der Waals surface area contributed by atoms with Crippen LogP contribution in [0.2, 0.25) is 10.0 Å². The van der Waals surface area contributed by atoms with Crippen LogP contribution in [-0.4, -0.2) is 34.6 Å². The highest BCUT2D eigenvalue weighted by molar-refractivity contribution is 8.00. The summed E-state index contributed by atoms with van der Waals surface area (Å²) in [5, 5.41) is 3.39. The number of aromatic nitrogens is 1. The van der Waals surface area contributed by atoms with Gasteiger partial charge >= 0.3 is 4.87 Å². The normalized spacial score (nSPS) is 19.6. The van der Waals surface area contributed by atoms with E-state index in [-0.39, 0.29) is 17.4 Å². The van der Waals surface area contributed by atoms with Crippen LogP contribution in [0.15, 0.2) is 76.6 Å². The average molecular weight is 627 g/mol. The van der Waals surface area contributed by atoms with E-state index in [2.05, 4.69) is 10.3 Å². The fourth-order valence-corrected chi connectivity index (χ4v) is 7.97. The van der Waals surface area contributed by atoms with Crippen LogP contribution in [0, 0.1) is 12.8 Å². The van der Waals surface area contributed by atoms with Crippen LogP contribution in [0.25, 0.3) is 0 Å². The number of ether oxygens (including phenoxy) is 1. The maximum Gasteiger partial charge on any atom is 0.305 e. The third-order valence-corrected chi connectivity index (χ3v) is 9.76. The molecule has 1 aromatic heterocycles. The lowest BCUT2D eigenvalue weighted by Crippen LogP contribution is -2.32. The Balaban J connectivity index is 1.36. The zero-order valence-corrected chi connectivity index (χ0v) is 24.5. The molecule has 3 heterocycles. The molecular weight excluding hydrogens is 605 g/mol. The molecule has 0 saturated carbocycles. The minimum absolute atomic E-state index is 0.302. The Bertz CT molecular complexity index is 1750. The number of thioether (sulfide) groups is 1. The summed E-state index contributed by atoms with van der Waals surface area (Å²) in [4.78, 5) is 57.1. The molecule has 4 aromatic rings. The van der Waals surface area contributed by atoms with Crippen molar-refractivity contribution in [2.45, 2.75) is 23.1 Å². The number of benzene rings is 3. The quantitative estimate of drug-likeness (QED) is 0.260. The molecule has 0 spiro atoms. The van der Waals surface area contributed by atoms with E-state index in [9.17, 15) is 19.2 Å². The van der Waals surface area contributed by atoms with Crippen molar-refractivity contribution in [1.82, 2.24) is 4.98 Å². The smallest absolute Gasteiger partial charge is 0.305 e. The number of halogens is 2. The van der Waals surface area contributed by atoms with Crippen molar-refractivity contribution in [1.29, 1.82) is 0 Å². The van der Waals surface area contributed by atoms with E-state index in [1.54, 1.807) is 48.5 Å². The fraction of sp³-hybridized carbons (Fsp3) is 0.172. The summed E-state index contributed by atoms with van der Waals surface area (Å²) < 4.78 is 5.98. The highest BCUT2D eigenvalue weighted by Crippen LogP contribution is 2.54. The minimum atomic E-state index is -0.843. The van der Waals surface area contributed by atoms with E-state index in [1.165, 1.54) is 16.7 Å². The van der Waals surface area contributed by atoms with Gasteiger partial charge in [0.1, 0.15) is 11.0 Å². The number of carbonyl (C=O) groups excluding carboxylic acids is 3. The summed E-state index contributed by atoms with van der Waals surface area (Å²) in [6.45, 7) is 1.62. The van der Waals surface area contributed by atoms with E-state index < -0.39 is 28.9 Å². The Morgan fingerprint density at radius 1 is 1.00 bits per heavy atom. The third-order valence-electron chi connectivity index (χ3n) is 6.88. The molecule has 3 amide bonds. The number of rotatable bonds is 6. The van der Waals surface area contributed by atoms with Gasteiger partial charge in [0, 0.05) is 32.1 Å². The van der Waals surface area contributed by atoms with Gasteiger partial charge in [-0.05, 0) is 67.1 Å². The van der Waals surface area contributed by atoms with Crippen molar-refractivity contribution >= 4 is 75.4 Å². The van der Waals surface area contributed by atoms with Crippen LogP contribution in [0.5, 0.6) is 5.75 Å². The van der Waals surface area contributed by atoms with Gasteiger partial charge in [0.2, 0.25) is 11.8 Å². The third kappa shape index (κ3) is 5.28. The number of nitrogens with zero attached hydrogens (tertiary/aromatic N) is 1. The molecule has 2 aliphatic heterocycles. The molecule has 3 atom stereocenters. The summed E-state index contributed by atoms with van der Waals surface area (Å²) >= 11 is 14.6. The first-order chi connectivity index (χ1) is 19.7. The average Bonchev–Trinajstić information content (AvgIpc) is 3.42. The fourth-order valence-electron chi connectivity index (χ4n) is 5.15. The van der Waals surface area contributed by atoms with Crippen molar-refractivity contribution in [3.05, 3.63) is 102 Å². The molecule has 0 aliphatic carbocycles. The lowest BCUT2D eigenvalue weighted by atomic mass is 9.82. The molecular formula is C29H21Cl2N3O5S2. The monoisotopic (exact) mass is 625 g/mol. The molecule has 1 saturated heterocycles. The van der Waals surface area contributed by atoms with Crippen LogP contribution < -0.4 is 19.8 Å². The van der Waals surface area contributed by atoms with E-state index >= 15 is 0 Å². The molecule has 6 rings (SSSR count). The SMILES string of the molecule is Cc1cccc(NC(=O)COc2ccc(Cl)cc2C2c3sc(=O)[nH]c3SC3C(=O)N(c4ccc(Cl)cc4)C(=O)C32)c1. The van der Waals surface area contributed by atoms with Crippen LogP contribution in [-0.2, 0) is 14.4 Å².